The van der Waals surface area contributed by atoms with E-state index in [1.54, 1.807) is 13.0 Å². The summed E-state index contributed by atoms with van der Waals surface area (Å²) in [5.74, 6) is -1.64. The summed E-state index contributed by atoms with van der Waals surface area (Å²) in [4.78, 5) is 65.0. The fourth-order valence-electron chi connectivity index (χ4n) is 5.25. The van der Waals surface area contributed by atoms with E-state index in [0.717, 1.165) is 18.4 Å². The number of nitrogens with one attached hydrogen (secondary N) is 4. The van der Waals surface area contributed by atoms with E-state index < -0.39 is 53.7 Å². The highest BCUT2D eigenvalue weighted by Crippen LogP contribution is 2.28. The van der Waals surface area contributed by atoms with Crippen LogP contribution in [0, 0.1) is 17.8 Å². The topological polar surface area (TPSA) is 161 Å². The van der Waals surface area contributed by atoms with Crippen molar-refractivity contribution in [3.8, 4) is 0 Å². The van der Waals surface area contributed by atoms with Gasteiger partial charge in [0.05, 0.1) is 18.3 Å². The van der Waals surface area contributed by atoms with Crippen molar-refractivity contribution in [3.63, 3.8) is 0 Å². The van der Waals surface area contributed by atoms with Crippen molar-refractivity contribution in [2.75, 3.05) is 13.2 Å². The van der Waals surface area contributed by atoms with Crippen LogP contribution in [0.3, 0.4) is 0 Å². The fourth-order valence-corrected chi connectivity index (χ4v) is 5.25. The normalized spacial score (nSPS) is 19.0. The number of alkyl carbamates (subject to hydrolysis) is 1. The molecule has 0 radical (unpaired) electrons. The molecule has 1 aromatic carbocycles. The average Bonchev–Trinajstić information content (AvgIpc) is 3.75. The van der Waals surface area contributed by atoms with E-state index in [0.29, 0.717) is 31.9 Å². The summed E-state index contributed by atoms with van der Waals surface area (Å²) in [5.41, 5.74) is 0.153. The van der Waals surface area contributed by atoms with Crippen molar-refractivity contribution in [3.05, 3.63) is 48.0 Å². The molecule has 1 heterocycles. The zero-order chi connectivity index (χ0) is 34.6. The molecule has 1 aromatic rings. The van der Waals surface area contributed by atoms with E-state index in [1.165, 1.54) is 6.08 Å². The number of esters is 1. The van der Waals surface area contributed by atoms with Crippen molar-refractivity contribution in [1.82, 2.24) is 21.3 Å². The smallest absolute Gasteiger partial charge is 0.408 e. The lowest BCUT2D eigenvalue weighted by molar-refractivity contribution is -0.138. The van der Waals surface area contributed by atoms with E-state index in [2.05, 4.69) is 21.3 Å². The number of hydrogen-bond acceptors (Lipinski definition) is 8. The fraction of sp³-hybridized carbons (Fsp3) is 0.629. The van der Waals surface area contributed by atoms with Crippen molar-refractivity contribution < 1.29 is 38.2 Å². The lowest BCUT2D eigenvalue weighted by Crippen LogP contribution is -2.59. The van der Waals surface area contributed by atoms with Crippen molar-refractivity contribution >= 4 is 29.8 Å². The van der Waals surface area contributed by atoms with E-state index in [4.69, 9.17) is 14.2 Å². The number of carbonyl (C=O) groups excluding carboxylic acids is 5. The van der Waals surface area contributed by atoms with Crippen LogP contribution in [0.25, 0.3) is 0 Å². The monoisotopic (exact) mass is 656 g/mol. The summed E-state index contributed by atoms with van der Waals surface area (Å²) in [5, 5.41) is 11.2. The molecule has 3 rings (SSSR count). The quantitative estimate of drug-likeness (QED) is 0.146. The molecule has 12 nitrogen and oxygen atoms in total. The molecule has 1 saturated heterocycles. The maximum absolute atomic E-state index is 13.8. The standard InChI is InChI=1S/C35H52N4O8/c1-22(2)18-28(32(42)37-27(19-26-16-17-36-31(26)41)14-15-29(40)45-20-25-12-13-25)38-33(43)30(23(3)47-35(4,5)6)39-34(44)46-21-24-10-8-7-9-11-24/h7-11,14-15,22-23,25-28,30H,12-13,16-21H2,1-6H3,(H,36,41)(H,37,42)(H,38,43)(H,39,44)/b15-14+/t23?,26?,27-,28+,30+/m1/s1. The summed E-state index contributed by atoms with van der Waals surface area (Å²) in [6.07, 6.45) is 4.50. The Morgan fingerprint density at radius 2 is 1.66 bits per heavy atom. The molecule has 4 amide bonds. The van der Waals surface area contributed by atoms with Gasteiger partial charge in [0.1, 0.15) is 18.7 Å². The van der Waals surface area contributed by atoms with Gasteiger partial charge in [-0.3, -0.25) is 14.4 Å². The third-order valence-electron chi connectivity index (χ3n) is 7.77. The van der Waals surface area contributed by atoms with Gasteiger partial charge >= 0.3 is 12.1 Å². The summed E-state index contributed by atoms with van der Waals surface area (Å²) < 4.78 is 16.7. The van der Waals surface area contributed by atoms with Crippen LogP contribution < -0.4 is 21.3 Å². The second-order valence-corrected chi connectivity index (χ2v) is 13.9. The molecule has 0 aromatic heterocycles. The Balaban J connectivity index is 1.73. The molecule has 2 fully saturated rings. The van der Waals surface area contributed by atoms with Crippen molar-refractivity contribution in [2.24, 2.45) is 17.8 Å². The Bertz CT molecular complexity index is 1240. The Hall–Kier alpha value is -3.93. The van der Waals surface area contributed by atoms with Gasteiger partial charge in [-0.15, -0.1) is 0 Å². The number of amides is 4. The first-order valence-electron chi connectivity index (χ1n) is 16.6. The number of rotatable bonds is 17. The molecule has 260 valence electrons. The molecule has 12 heteroatoms. The zero-order valence-electron chi connectivity index (χ0n) is 28.5. The van der Waals surface area contributed by atoms with E-state index >= 15 is 0 Å². The molecule has 4 N–H and O–H groups in total. The Kier molecular flexibility index (Phi) is 14.2. The number of ether oxygens (including phenoxy) is 3. The van der Waals surface area contributed by atoms with Gasteiger partial charge in [0.2, 0.25) is 17.7 Å². The van der Waals surface area contributed by atoms with Gasteiger partial charge in [0.15, 0.2) is 0 Å². The lowest BCUT2D eigenvalue weighted by atomic mass is 9.96. The lowest BCUT2D eigenvalue weighted by Gasteiger charge is -2.32. The predicted octanol–water partition coefficient (Wildman–Crippen LogP) is 3.54. The summed E-state index contributed by atoms with van der Waals surface area (Å²) in [6, 6.07) is 6.32. The molecule has 1 aliphatic carbocycles. The summed E-state index contributed by atoms with van der Waals surface area (Å²) in [6.45, 7) is 11.9. The van der Waals surface area contributed by atoms with Gasteiger partial charge in [-0.2, -0.15) is 0 Å². The Morgan fingerprint density at radius 3 is 2.26 bits per heavy atom. The minimum absolute atomic E-state index is 0.00987. The van der Waals surface area contributed by atoms with Crippen LogP contribution in [0.15, 0.2) is 42.5 Å². The molecular formula is C35H52N4O8. The molecule has 47 heavy (non-hydrogen) atoms. The van der Waals surface area contributed by atoms with Crippen LogP contribution in [0.4, 0.5) is 4.79 Å². The molecule has 0 bridgehead atoms. The van der Waals surface area contributed by atoms with Gasteiger partial charge in [-0.1, -0.05) is 50.3 Å². The van der Waals surface area contributed by atoms with Crippen molar-refractivity contribution in [2.45, 2.75) is 110 Å². The zero-order valence-corrected chi connectivity index (χ0v) is 28.5. The average molecular weight is 657 g/mol. The first-order chi connectivity index (χ1) is 22.2. The number of benzene rings is 1. The first-order valence-corrected chi connectivity index (χ1v) is 16.6. The van der Waals surface area contributed by atoms with Gasteiger partial charge in [0, 0.05) is 24.6 Å². The molecule has 2 unspecified atom stereocenters. The Morgan fingerprint density at radius 1 is 0.957 bits per heavy atom. The van der Waals surface area contributed by atoms with Gasteiger partial charge in [-0.05, 0) is 77.2 Å². The number of hydrogen-bond donors (Lipinski definition) is 4. The molecule has 5 atom stereocenters. The number of carbonyl (C=O) groups is 5. The van der Waals surface area contributed by atoms with Crippen LogP contribution in [0.1, 0.15) is 79.2 Å². The summed E-state index contributed by atoms with van der Waals surface area (Å²) in [7, 11) is 0. The minimum atomic E-state index is -1.18. The maximum atomic E-state index is 13.8. The SMILES string of the molecule is CC(C)C[C@H](NC(=O)[C@@H](NC(=O)OCc1ccccc1)C(C)OC(C)(C)C)C(=O)N[C@H](/C=C/C(=O)OCC1CC1)CC1CCNC1=O. The van der Waals surface area contributed by atoms with Crippen LogP contribution in [-0.4, -0.2) is 72.8 Å². The van der Waals surface area contributed by atoms with Crippen LogP contribution >= 0.6 is 0 Å². The van der Waals surface area contributed by atoms with Crippen LogP contribution in [0.5, 0.6) is 0 Å². The highest BCUT2D eigenvalue weighted by Gasteiger charge is 2.35. The van der Waals surface area contributed by atoms with Crippen LogP contribution in [0.2, 0.25) is 0 Å². The maximum Gasteiger partial charge on any atom is 0.408 e. The first kappa shape index (κ1) is 37.5. The second kappa shape index (κ2) is 17.8. The molecule has 1 saturated carbocycles. The predicted molar refractivity (Wildman–Crippen MR) is 176 cm³/mol. The van der Waals surface area contributed by atoms with E-state index in [9.17, 15) is 24.0 Å². The highest BCUT2D eigenvalue weighted by molar-refractivity contribution is 5.92. The molecular weight excluding hydrogens is 604 g/mol. The second-order valence-electron chi connectivity index (χ2n) is 13.9. The Labute approximate surface area is 278 Å². The molecule has 2 aliphatic rings. The molecule has 0 spiro atoms. The van der Waals surface area contributed by atoms with Gasteiger partial charge in [-0.25, -0.2) is 9.59 Å². The third kappa shape index (κ3) is 14.2. The van der Waals surface area contributed by atoms with Crippen LogP contribution in [-0.2, 0) is 40.0 Å². The van der Waals surface area contributed by atoms with E-state index in [-0.39, 0.29) is 30.8 Å². The minimum Gasteiger partial charge on any atom is -0.462 e. The van der Waals surface area contributed by atoms with Gasteiger partial charge in [0.25, 0.3) is 0 Å². The van der Waals surface area contributed by atoms with Gasteiger partial charge < -0.3 is 35.5 Å². The van der Waals surface area contributed by atoms with Crippen molar-refractivity contribution in [1.29, 1.82) is 0 Å². The highest BCUT2D eigenvalue weighted by atomic mass is 16.6. The summed E-state index contributed by atoms with van der Waals surface area (Å²) >= 11 is 0. The largest absolute Gasteiger partial charge is 0.462 e. The molecule has 1 aliphatic heterocycles. The third-order valence-corrected chi connectivity index (χ3v) is 7.77. The van der Waals surface area contributed by atoms with E-state index in [1.807, 2.05) is 65.0 Å².